The molecule has 4 heteroatoms. The number of benzene rings is 2. The number of likely N-dealkylation sites (N-methyl/N-ethyl adjacent to an activating group) is 1. The zero-order valence-electron chi connectivity index (χ0n) is 16.8. The smallest absolute Gasteiger partial charge is 0.241 e. The molecule has 1 heterocycles. The van der Waals surface area contributed by atoms with Crippen molar-refractivity contribution < 1.29 is 4.79 Å². The van der Waals surface area contributed by atoms with Crippen LogP contribution in [0.1, 0.15) is 36.0 Å². The summed E-state index contributed by atoms with van der Waals surface area (Å²) < 4.78 is 0. The minimum absolute atomic E-state index is 0.167. The molecule has 1 aliphatic carbocycles. The topological polar surface area (TPSA) is 44.4 Å². The number of amides is 1. The molecule has 1 amide bonds. The molecule has 4 rings (SSSR count). The minimum Gasteiger partial charge on any atom is -0.354 e. The number of carbonyl (C=O) groups is 1. The highest BCUT2D eigenvalue weighted by atomic mass is 16.2. The Labute approximate surface area is 168 Å². The molecule has 148 valence electrons. The van der Waals surface area contributed by atoms with Crippen LogP contribution in [0.5, 0.6) is 0 Å². The van der Waals surface area contributed by atoms with Gasteiger partial charge in [-0.2, -0.15) is 0 Å². The molecule has 0 unspecified atom stereocenters. The van der Waals surface area contributed by atoms with Gasteiger partial charge in [-0.25, -0.2) is 0 Å². The van der Waals surface area contributed by atoms with Gasteiger partial charge in [0.05, 0.1) is 0 Å². The summed E-state index contributed by atoms with van der Waals surface area (Å²) in [6, 6.07) is 19.5. The van der Waals surface area contributed by atoms with Crippen LogP contribution in [0, 0.1) is 0 Å². The largest absolute Gasteiger partial charge is 0.354 e. The van der Waals surface area contributed by atoms with E-state index in [-0.39, 0.29) is 5.91 Å². The molecule has 0 saturated carbocycles. The SMILES string of the molecule is CN(Cc1ccccc1)C1(C(=O)NCC[C@H]2CCCN2)Cc2ccccc2C1. The van der Waals surface area contributed by atoms with Gasteiger partial charge >= 0.3 is 0 Å². The van der Waals surface area contributed by atoms with E-state index in [0.29, 0.717) is 6.04 Å². The summed E-state index contributed by atoms with van der Waals surface area (Å²) in [4.78, 5) is 15.7. The summed E-state index contributed by atoms with van der Waals surface area (Å²) >= 11 is 0. The lowest BCUT2D eigenvalue weighted by Gasteiger charge is -2.37. The van der Waals surface area contributed by atoms with Crippen LogP contribution in [0.15, 0.2) is 54.6 Å². The molecule has 0 spiro atoms. The summed E-state index contributed by atoms with van der Waals surface area (Å²) in [5.74, 6) is 0.167. The lowest BCUT2D eigenvalue weighted by Crippen LogP contribution is -2.58. The zero-order chi connectivity index (χ0) is 19.4. The molecule has 4 nitrogen and oxygen atoms in total. The molecule has 1 aliphatic heterocycles. The third-order valence-electron chi connectivity index (χ3n) is 6.44. The number of hydrogen-bond acceptors (Lipinski definition) is 3. The Balaban J connectivity index is 1.49. The van der Waals surface area contributed by atoms with E-state index >= 15 is 0 Å². The summed E-state index contributed by atoms with van der Waals surface area (Å²) in [7, 11) is 2.09. The van der Waals surface area contributed by atoms with Gasteiger partial charge in [-0.15, -0.1) is 0 Å². The number of nitrogens with zero attached hydrogens (tertiary/aromatic N) is 1. The molecule has 2 N–H and O–H groups in total. The molecular weight excluding hydrogens is 346 g/mol. The van der Waals surface area contributed by atoms with Gasteiger partial charge in [-0.05, 0) is 49.5 Å². The number of carbonyl (C=O) groups excluding carboxylic acids is 1. The third kappa shape index (κ3) is 3.98. The lowest BCUT2D eigenvalue weighted by molar-refractivity contribution is -0.132. The maximum absolute atomic E-state index is 13.5. The van der Waals surface area contributed by atoms with Crippen molar-refractivity contribution in [1.29, 1.82) is 0 Å². The zero-order valence-corrected chi connectivity index (χ0v) is 16.8. The molecule has 2 aromatic rings. The Morgan fingerprint density at radius 3 is 2.43 bits per heavy atom. The first kappa shape index (κ1) is 19.2. The standard InChI is InChI=1S/C24H31N3O/c1-27(18-19-8-3-2-4-9-19)24(16-20-10-5-6-11-21(20)17-24)23(28)26-15-13-22-12-7-14-25-22/h2-6,8-11,22,25H,7,12-18H2,1H3,(H,26,28)/t22-/m1/s1. The quantitative estimate of drug-likeness (QED) is 0.780. The van der Waals surface area contributed by atoms with Gasteiger partial charge in [0.2, 0.25) is 5.91 Å². The number of nitrogens with one attached hydrogen (secondary N) is 2. The Hall–Kier alpha value is -2.17. The fourth-order valence-corrected chi connectivity index (χ4v) is 4.74. The summed E-state index contributed by atoms with van der Waals surface area (Å²) in [6.45, 7) is 2.62. The number of rotatable bonds is 7. The molecular formula is C24H31N3O. The van der Waals surface area contributed by atoms with Crippen molar-refractivity contribution in [2.45, 2.75) is 50.2 Å². The van der Waals surface area contributed by atoms with Crippen molar-refractivity contribution >= 4 is 5.91 Å². The molecule has 2 aliphatic rings. The average molecular weight is 378 g/mol. The fraction of sp³-hybridized carbons (Fsp3) is 0.458. The van der Waals surface area contributed by atoms with Crippen LogP contribution in [0.25, 0.3) is 0 Å². The number of hydrogen-bond donors (Lipinski definition) is 2. The van der Waals surface area contributed by atoms with E-state index in [2.05, 4.69) is 71.1 Å². The van der Waals surface area contributed by atoms with E-state index in [1.807, 2.05) is 6.07 Å². The summed E-state index contributed by atoms with van der Waals surface area (Å²) in [5, 5.41) is 6.79. The normalized spacial score (nSPS) is 20.3. The third-order valence-corrected chi connectivity index (χ3v) is 6.44. The van der Waals surface area contributed by atoms with Crippen LogP contribution in [0.2, 0.25) is 0 Å². The van der Waals surface area contributed by atoms with E-state index in [4.69, 9.17) is 0 Å². The van der Waals surface area contributed by atoms with Gasteiger partial charge in [-0.3, -0.25) is 9.69 Å². The van der Waals surface area contributed by atoms with Crippen molar-refractivity contribution in [2.24, 2.45) is 0 Å². The predicted molar refractivity (Wildman–Crippen MR) is 113 cm³/mol. The molecule has 0 aromatic heterocycles. The number of fused-ring (bicyclic) bond motifs is 1. The maximum Gasteiger partial charge on any atom is 0.241 e. The van der Waals surface area contributed by atoms with Crippen LogP contribution >= 0.6 is 0 Å². The van der Waals surface area contributed by atoms with E-state index in [1.54, 1.807) is 0 Å². The van der Waals surface area contributed by atoms with Gasteiger partial charge in [0.1, 0.15) is 5.54 Å². The van der Waals surface area contributed by atoms with Gasteiger partial charge < -0.3 is 10.6 Å². The monoisotopic (exact) mass is 377 g/mol. The van der Waals surface area contributed by atoms with Crippen LogP contribution in [0.3, 0.4) is 0 Å². The van der Waals surface area contributed by atoms with Crippen LogP contribution < -0.4 is 10.6 Å². The van der Waals surface area contributed by atoms with Gasteiger partial charge in [0.15, 0.2) is 0 Å². The second-order valence-corrected chi connectivity index (χ2v) is 8.33. The highest BCUT2D eigenvalue weighted by Crippen LogP contribution is 2.35. The van der Waals surface area contributed by atoms with E-state index in [1.165, 1.54) is 29.5 Å². The molecule has 0 bridgehead atoms. The first-order valence-corrected chi connectivity index (χ1v) is 10.5. The first-order valence-electron chi connectivity index (χ1n) is 10.5. The Morgan fingerprint density at radius 2 is 1.79 bits per heavy atom. The Bertz CT molecular complexity index is 774. The molecule has 1 fully saturated rings. The Kier molecular flexibility index (Phi) is 5.79. The second kappa shape index (κ2) is 8.46. The van der Waals surface area contributed by atoms with E-state index in [9.17, 15) is 4.79 Å². The molecule has 1 saturated heterocycles. The van der Waals surface area contributed by atoms with Crippen molar-refractivity contribution in [3.05, 3.63) is 71.3 Å². The van der Waals surface area contributed by atoms with Gasteiger partial charge in [0.25, 0.3) is 0 Å². The molecule has 1 atom stereocenters. The maximum atomic E-state index is 13.5. The predicted octanol–water partition coefficient (Wildman–Crippen LogP) is 2.91. The molecule has 0 radical (unpaired) electrons. The average Bonchev–Trinajstić information content (AvgIpc) is 3.37. The van der Waals surface area contributed by atoms with Crippen LogP contribution in [0.4, 0.5) is 0 Å². The summed E-state index contributed by atoms with van der Waals surface area (Å²) in [6.07, 6.45) is 5.04. The highest BCUT2D eigenvalue weighted by molar-refractivity contribution is 5.88. The van der Waals surface area contributed by atoms with Gasteiger partial charge in [-0.1, -0.05) is 54.6 Å². The van der Waals surface area contributed by atoms with E-state index in [0.717, 1.165) is 38.9 Å². The van der Waals surface area contributed by atoms with Crippen molar-refractivity contribution in [2.75, 3.05) is 20.1 Å². The minimum atomic E-state index is -0.511. The van der Waals surface area contributed by atoms with Crippen LogP contribution in [-0.4, -0.2) is 42.5 Å². The fourth-order valence-electron chi connectivity index (χ4n) is 4.74. The molecule has 2 aromatic carbocycles. The highest BCUT2D eigenvalue weighted by Gasteiger charge is 2.46. The molecule has 28 heavy (non-hydrogen) atoms. The first-order chi connectivity index (χ1) is 13.7. The second-order valence-electron chi connectivity index (χ2n) is 8.33. The Morgan fingerprint density at radius 1 is 1.11 bits per heavy atom. The van der Waals surface area contributed by atoms with Crippen molar-refractivity contribution in [3.63, 3.8) is 0 Å². The summed E-state index contributed by atoms with van der Waals surface area (Å²) in [5.41, 5.74) is 3.33. The van der Waals surface area contributed by atoms with Crippen LogP contribution in [-0.2, 0) is 24.2 Å². The van der Waals surface area contributed by atoms with Crippen molar-refractivity contribution in [1.82, 2.24) is 15.5 Å². The lowest BCUT2D eigenvalue weighted by atomic mass is 9.91. The van der Waals surface area contributed by atoms with Gasteiger partial charge in [0, 0.05) is 32.0 Å². The van der Waals surface area contributed by atoms with E-state index < -0.39 is 5.54 Å². The van der Waals surface area contributed by atoms with Crippen molar-refractivity contribution in [3.8, 4) is 0 Å².